The molecule has 0 spiro atoms. The van der Waals surface area contributed by atoms with Crippen molar-refractivity contribution >= 4 is 16.1 Å². The van der Waals surface area contributed by atoms with Gasteiger partial charge in [-0.15, -0.1) is 0 Å². The van der Waals surface area contributed by atoms with Crippen LogP contribution in [0.25, 0.3) is 0 Å². The van der Waals surface area contributed by atoms with Crippen molar-refractivity contribution in [1.82, 2.24) is 0 Å². The molecule has 0 aromatic heterocycles. The van der Waals surface area contributed by atoms with E-state index < -0.39 is 15.3 Å². The lowest BCUT2D eigenvalue weighted by atomic mass is 9.90. The van der Waals surface area contributed by atoms with Crippen LogP contribution >= 0.6 is 0 Å². The van der Waals surface area contributed by atoms with Gasteiger partial charge in [0.2, 0.25) is 0 Å². The minimum atomic E-state index is -2.90. The molecule has 1 fully saturated rings. The van der Waals surface area contributed by atoms with Gasteiger partial charge in [0.1, 0.15) is 6.29 Å². The minimum absolute atomic E-state index is 0.0217. The summed E-state index contributed by atoms with van der Waals surface area (Å²) in [7, 11) is -2.90. The zero-order valence-corrected chi connectivity index (χ0v) is 7.80. The molecule has 4 heteroatoms. The summed E-state index contributed by atoms with van der Waals surface area (Å²) >= 11 is 0. The highest BCUT2D eigenvalue weighted by Crippen LogP contribution is 2.34. The molecule has 0 amide bonds. The summed E-state index contributed by atoms with van der Waals surface area (Å²) in [4.78, 5) is 10.6. The van der Waals surface area contributed by atoms with Gasteiger partial charge in [0.05, 0.1) is 16.9 Å². The lowest BCUT2D eigenvalue weighted by Crippen LogP contribution is -2.49. The summed E-state index contributed by atoms with van der Waals surface area (Å²) in [5.74, 6) is 0.0433. The molecule has 3 nitrogen and oxygen atoms in total. The van der Waals surface area contributed by atoms with E-state index in [4.69, 9.17) is 0 Å². The fourth-order valence-corrected chi connectivity index (χ4v) is 3.46. The molecular weight excluding hydrogens is 176 g/mol. The molecule has 0 unspecified atom stereocenters. The first-order valence-electron chi connectivity index (χ1n) is 3.81. The topological polar surface area (TPSA) is 51.2 Å². The van der Waals surface area contributed by atoms with Crippen molar-refractivity contribution in [3.05, 3.63) is 12.2 Å². The van der Waals surface area contributed by atoms with Crippen LogP contribution in [0, 0.1) is 5.41 Å². The Bertz CT molecular complexity index is 288. The van der Waals surface area contributed by atoms with E-state index in [1.807, 2.05) is 19.1 Å². The van der Waals surface area contributed by atoms with Crippen molar-refractivity contribution in [3.8, 4) is 0 Å². The third-order valence-electron chi connectivity index (χ3n) is 2.02. The largest absolute Gasteiger partial charge is 0.303 e. The quantitative estimate of drug-likeness (QED) is 0.480. The highest BCUT2D eigenvalue weighted by atomic mass is 32.2. The number of allylic oxidation sites excluding steroid dienone is 2. The molecule has 1 saturated heterocycles. The molecule has 0 saturated carbocycles. The predicted octanol–water partition coefficient (Wildman–Crippen LogP) is 0.566. The summed E-state index contributed by atoms with van der Waals surface area (Å²) in [6.07, 6.45) is 4.99. The van der Waals surface area contributed by atoms with E-state index in [2.05, 4.69) is 0 Å². The van der Waals surface area contributed by atoms with Crippen LogP contribution in [-0.4, -0.2) is 26.2 Å². The van der Waals surface area contributed by atoms with Crippen LogP contribution in [0.4, 0.5) is 0 Å². The van der Waals surface area contributed by atoms with Gasteiger partial charge >= 0.3 is 0 Å². The Morgan fingerprint density at radius 2 is 2.00 bits per heavy atom. The second kappa shape index (κ2) is 3.01. The van der Waals surface area contributed by atoms with Gasteiger partial charge in [-0.25, -0.2) is 8.42 Å². The lowest BCUT2D eigenvalue weighted by molar-refractivity contribution is -0.114. The number of carbonyl (C=O) groups is 1. The van der Waals surface area contributed by atoms with Gasteiger partial charge in [-0.05, 0) is 13.3 Å². The molecule has 0 aromatic carbocycles. The van der Waals surface area contributed by atoms with Gasteiger partial charge in [-0.3, -0.25) is 0 Å². The van der Waals surface area contributed by atoms with Crippen LogP contribution in [0.3, 0.4) is 0 Å². The first kappa shape index (κ1) is 9.45. The Balaban J connectivity index is 2.65. The summed E-state index contributed by atoms with van der Waals surface area (Å²) < 4.78 is 21.7. The number of hydrogen-bond donors (Lipinski definition) is 0. The fraction of sp³-hybridized carbons (Fsp3) is 0.625. The minimum Gasteiger partial charge on any atom is -0.303 e. The standard InChI is InChI=1S/C8H12O3S/c1-2-3-4-8(5-9)6-12(10,11)7-8/h2-3,5H,4,6-7H2,1H3/b3-2+. The molecule has 1 rings (SSSR count). The van der Waals surface area contributed by atoms with Gasteiger partial charge < -0.3 is 4.79 Å². The van der Waals surface area contributed by atoms with Crippen molar-refractivity contribution in [2.75, 3.05) is 11.5 Å². The highest BCUT2D eigenvalue weighted by Gasteiger charge is 2.47. The molecule has 1 aliphatic rings. The van der Waals surface area contributed by atoms with E-state index in [1.165, 1.54) is 0 Å². The average molecular weight is 188 g/mol. The fourth-order valence-electron chi connectivity index (χ4n) is 1.42. The highest BCUT2D eigenvalue weighted by molar-refractivity contribution is 7.93. The van der Waals surface area contributed by atoms with E-state index in [9.17, 15) is 13.2 Å². The van der Waals surface area contributed by atoms with Crippen molar-refractivity contribution in [3.63, 3.8) is 0 Å². The SMILES string of the molecule is C/C=C/CC1(C=O)CS(=O)(=O)C1. The second-order valence-electron chi connectivity index (χ2n) is 3.29. The van der Waals surface area contributed by atoms with E-state index in [1.54, 1.807) is 0 Å². The van der Waals surface area contributed by atoms with E-state index in [-0.39, 0.29) is 11.5 Å². The average Bonchev–Trinajstić information content (AvgIpc) is 1.96. The van der Waals surface area contributed by atoms with E-state index in [0.29, 0.717) is 6.42 Å². The molecule has 0 bridgehead atoms. The van der Waals surface area contributed by atoms with Gasteiger partial charge in [-0.2, -0.15) is 0 Å². The summed E-state index contributed by atoms with van der Waals surface area (Å²) in [5, 5.41) is 0. The van der Waals surface area contributed by atoms with Crippen LogP contribution in [0.2, 0.25) is 0 Å². The Labute approximate surface area is 72.4 Å². The number of sulfone groups is 1. The summed E-state index contributed by atoms with van der Waals surface area (Å²) in [5.41, 5.74) is -0.606. The molecule has 1 aliphatic heterocycles. The first-order valence-corrected chi connectivity index (χ1v) is 5.64. The molecular formula is C8H12O3S. The molecule has 0 aromatic rings. The Morgan fingerprint density at radius 3 is 2.33 bits per heavy atom. The van der Waals surface area contributed by atoms with Crippen LogP contribution in [0.1, 0.15) is 13.3 Å². The predicted molar refractivity (Wildman–Crippen MR) is 46.6 cm³/mol. The Hall–Kier alpha value is -0.640. The first-order chi connectivity index (χ1) is 5.54. The zero-order chi connectivity index (χ0) is 9.24. The smallest absolute Gasteiger partial charge is 0.152 e. The molecule has 0 aliphatic carbocycles. The zero-order valence-electron chi connectivity index (χ0n) is 6.99. The van der Waals surface area contributed by atoms with Gasteiger partial charge in [0, 0.05) is 0 Å². The normalized spacial score (nSPS) is 25.1. The third-order valence-corrected chi connectivity index (χ3v) is 4.05. The number of rotatable bonds is 3. The van der Waals surface area contributed by atoms with Gasteiger partial charge in [-0.1, -0.05) is 12.2 Å². The third kappa shape index (κ3) is 1.75. The molecule has 0 N–H and O–H groups in total. The Morgan fingerprint density at radius 1 is 1.42 bits per heavy atom. The monoisotopic (exact) mass is 188 g/mol. The molecule has 68 valence electrons. The van der Waals surface area contributed by atoms with Crippen molar-refractivity contribution < 1.29 is 13.2 Å². The van der Waals surface area contributed by atoms with E-state index in [0.717, 1.165) is 6.29 Å². The van der Waals surface area contributed by atoms with Crippen LogP contribution < -0.4 is 0 Å². The Kier molecular flexibility index (Phi) is 2.37. The van der Waals surface area contributed by atoms with Gasteiger partial charge in [0.25, 0.3) is 0 Å². The second-order valence-corrected chi connectivity index (χ2v) is 5.35. The molecule has 0 atom stereocenters. The lowest BCUT2D eigenvalue weighted by Gasteiger charge is -2.34. The van der Waals surface area contributed by atoms with Crippen molar-refractivity contribution in [2.24, 2.45) is 5.41 Å². The van der Waals surface area contributed by atoms with Gasteiger partial charge in [0.15, 0.2) is 9.84 Å². The molecule has 12 heavy (non-hydrogen) atoms. The number of aldehydes is 1. The van der Waals surface area contributed by atoms with Crippen LogP contribution in [0.15, 0.2) is 12.2 Å². The maximum absolute atomic E-state index is 10.8. The van der Waals surface area contributed by atoms with Crippen LogP contribution in [0.5, 0.6) is 0 Å². The number of hydrogen-bond acceptors (Lipinski definition) is 3. The molecule has 0 radical (unpaired) electrons. The van der Waals surface area contributed by atoms with E-state index >= 15 is 0 Å². The van der Waals surface area contributed by atoms with Crippen molar-refractivity contribution in [2.45, 2.75) is 13.3 Å². The van der Waals surface area contributed by atoms with Crippen molar-refractivity contribution in [1.29, 1.82) is 0 Å². The molecule has 1 heterocycles. The number of carbonyl (C=O) groups excluding carboxylic acids is 1. The maximum atomic E-state index is 10.8. The maximum Gasteiger partial charge on any atom is 0.152 e. The summed E-state index contributed by atoms with van der Waals surface area (Å²) in [6.45, 7) is 1.85. The summed E-state index contributed by atoms with van der Waals surface area (Å²) in [6, 6.07) is 0. The van der Waals surface area contributed by atoms with Crippen LogP contribution in [-0.2, 0) is 14.6 Å².